The van der Waals surface area contributed by atoms with Gasteiger partial charge >= 0.3 is 0 Å². The second kappa shape index (κ2) is 11.8. The molecule has 1 aliphatic heterocycles. The maximum atomic E-state index is 13.0. The number of hydrogen-bond donors (Lipinski definition) is 1. The number of nitrogens with zero attached hydrogens (tertiary/aromatic N) is 3. The summed E-state index contributed by atoms with van der Waals surface area (Å²) in [6.07, 6.45) is 2.58. The minimum Gasteiger partial charge on any atom is -0.348 e. The number of amides is 1. The molecule has 0 bridgehead atoms. The fourth-order valence-corrected chi connectivity index (χ4v) is 4.71. The number of ketones is 1. The third-order valence-electron chi connectivity index (χ3n) is 6.89. The number of nitriles is 1. The van der Waals surface area contributed by atoms with Gasteiger partial charge in [-0.05, 0) is 70.6 Å². The van der Waals surface area contributed by atoms with Gasteiger partial charge in [0.1, 0.15) is 11.5 Å². The summed E-state index contributed by atoms with van der Waals surface area (Å²) >= 11 is 0. The summed E-state index contributed by atoms with van der Waals surface area (Å²) in [6, 6.07) is 25.1. The van der Waals surface area contributed by atoms with Crippen molar-refractivity contribution in [3.8, 4) is 6.07 Å². The van der Waals surface area contributed by atoms with Crippen molar-refractivity contribution >= 4 is 11.7 Å². The van der Waals surface area contributed by atoms with Crippen LogP contribution in [0.15, 0.2) is 85.1 Å². The normalized spacial score (nSPS) is 12.8. The fraction of sp³-hybridized carbons (Fsp3) is 0.188. The van der Waals surface area contributed by atoms with Crippen molar-refractivity contribution in [2.24, 2.45) is 0 Å². The SMILES string of the molecule is N#Cc1ccc(CN2CCc3ccc(CC(=O)c4ccc(C(=O)NCc5ccc(F)cc5)cn4)cc3C2)cc1. The van der Waals surface area contributed by atoms with Gasteiger partial charge in [0, 0.05) is 38.8 Å². The second-order valence-electron chi connectivity index (χ2n) is 9.71. The van der Waals surface area contributed by atoms with Crippen molar-refractivity contribution in [3.05, 3.63) is 136 Å². The smallest absolute Gasteiger partial charge is 0.253 e. The van der Waals surface area contributed by atoms with Crippen molar-refractivity contribution in [3.63, 3.8) is 0 Å². The summed E-state index contributed by atoms with van der Waals surface area (Å²) in [5.74, 6) is -0.754. The molecule has 1 aliphatic rings. The largest absolute Gasteiger partial charge is 0.348 e. The number of carbonyl (C=O) groups excluding carboxylic acids is 2. The van der Waals surface area contributed by atoms with E-state index in [1.54, 1.807) is 24.3 Å². The standard InChI is InChI=1S/C32H27FN4O2/c33-29-10-6-23(7-11-29)18-36-32(39)27-9-12-30(35-19-27)31(38)16-25-5-8-26-13-14-37(21-28(26)15-25)20-24-3-1-22(17-34)2-4-24/h1-12,15,19H,13-14,16,18,20-21H2,(H,36,39). The van der Waals surface area contributed by atoms with E-state index in [-0.39, 0.29) is 30.5 Å². The lowest BCUT2D eigenvalue weighted by Crippen LogP contribution is -2.30. The van der Waals surface area contributed by atoms with Crippen molar-refractivity contribution in [1.29, 1.82) is 5.26 Å². The average molecular weight is 519 g/mol. The number of carbonyl (C=O) groups is 2. The second-order valence-corrected chi connectivity index (χ2v) is 9.71. The van der Waals surface area contributed by atoms with Crippen LogP contribution in [0.5, 0.6) is 0 Å². The number of Topliss-reactive ketones (excluding diaryl/α,β-unsaturated/α-hetero) is 1. The molecule has 2 heterocycles. The Labute approximate surface area is 226 Å². The number of nitrogens with one attached hydrogen (secondary N) is 1. The number of hydrogen-bond acceptors (Lipinski definition) is 5. The summed E-state index contributed by atoms with van der Waals surface area (Å²) in [7, 11) is 0. The molecule has 0 aliphatic carbocycles. The molecule has 4 aromatic rings. The first-order valence-corrected chi connectivity index (χ1v) is 12.8. The highest BCUT2D eigenvalue weighted by Gasteiger charge is 2.18. The number of halogens is 1. The first kappa shape index (κ1) is 26.0. The predicted octanol–water partition coefficient (Wildman–Crippen LogP) is 5.01. The average Bonchev–Trinajstić information content (AvgIpc) is 2.97. The van der Waals surface area contributed by atoms with Gasteiger partial charge in [-0.2, -0.15) is 5.26 Å². The third kappa shape index (κ3) is 6.61. The topological polar surface area (TPSA) is 86.1 Å². The van der Waals surface area contributed by atoms with Gasteiger partial charge in [0.05, 0.1) is 17.2 Å². The third-order valence-corrected chi connectivity index (χ3v) is 6.89. The molecule has 194 valence electrons. The van der Waals surface area contributed by atoms with Crippen LogP contribution < -0.4 is 5.32 Å². The molecule has 0 unspecified atom stereocenters. The maximum absolute atomic E-state index is 13.0. The van der Waals surface area contributed by atoms with E-state index in [0.29, 0.717) is 16.8 Å². The highest BCUT2D eigenvalue weighted by Crippen LogP contribution is 2.23. The summed E-state index contributed by atoms with van der Waals surface area (Å²) in [4.78, 5) is 32.0. The summed E-state index contributed by atoms with van der Waals surface area (Å²) < 4.78 is 13.0. The zero-order valence-electron chi connectivity index (χ0n) is 21.4. The zero-order valence-corrected chi connectivity index (χ0v) is 21.4. The molecular weight excluding hydrogens is 491 g/mol. The summed E-state index contributed by atoms with van der Waals surface area (Å²) in [5, 5.41) is 11.8. The Kier molecular flexibility index (Phi) is 7.86. The summed E-state index contributed by atoms with van der Waals surface area (Å²) in [5.41, 5.74) is 6.73. The van der Waals surface area contributed by atoms with E-state index in [1.165, 1.54) is 35.0 Å². The number of aromatic nitrogens is 1. The van der Waals surface area contributed by atoms with Crippen LogP contribution in [-0.2, 0) is 32.5 Å². The number of rotatable bonds is 8. The van der Waals surface area contributed by atoms with E-state index in [1.807, 2.05) is 30.3 Å². The molecule has 1 amide bonds. The molecule has 0 spiro atoms. The lowest BCUT2D eigenvalue weighted by molar-refractivity contribution is 0.0946. The van der Waals surface area contributed by atoms with Crippen LogP contribution in [0.3, 0.4) is 0 Å². The van der Waals surface area contributed by atoms with Crippen molar-refractivity contribution in [1.82, 2.24) is 15.2 Å². The van der Waals surface area contributed by atoms with Gasteiger partial charge in [-0.3, -0.25) is 19.5 Å². The molecule has 0 fully saturated rings. The molecule has 1 aromatic heterocycles. The molecule has 1 N–H and O–H groups in total. The van der Waals surface area contributed by atoms with Crippen LogP contribution in [-0.4, -0.2) is 28.1 Å². The number of fused-ring (bicyclic) bond motifs is 1. The van der Waals surface area contributed by atoms with Crippen molar-refractivity contribution < 1.29 is 14.0 Å². The molecule has 0 saturated heterocycles. The van der Waals surface area contributed by atoms with Crippen LogP contribution in [0.2, 0.25) is 0 Å². The molecular formula is C32H27FN4O2. The number of pyridine rings is 1. The van der Waals surface area contributed by atoms with Gasteiger partial charge in [-0.15, -0.1) is 0 Å². The van der Waals surface area contributed by atoms with Gasteiger partial charge in [0.2, 0.25) is 0 Å². The van der Waals surface area contributed by atoms with Crippen LogP contribution in [0.1, 0.15) is 54.2 Å². The lowest BCUT2D eigenvalue weighted by atomic mass is 9.95. The van der Waals surface area contributed by atoms with Gasteiger partial charge in [0.25, 0.3) is 5.91 Å². The minimum atomic E-state index is -0.327. The Morgan fingerprint density at radius 1 is 0.923 bits per heavy atom. The highest BCUT2D eigenvalue weighted by atomic mass is 19.1. The highest BCUT2D eigenvalue weighted by molar-refractivity contribution is 5.97. The van der Waals surface area contributed by atoms with Gasteiger partial charge < -0.3 is 5.32 Å². The monoisotopic (exact) mass is 518 g/mol. The molecule has 0 atom stereocenters. The molecule has 3 aromatic carbocycles. The van der Waals surface area contributed by atoms with E-state index in [0.717, 1.165) is 37.2 Å². The fourth-order valence-electron chi connectivity index (χ4n) is 4.71. The van der Waals surface area contributed by atoms with Crippen LogP contribution in [0, 0.1) is 17.1 Å². The van der Waals surface area contributed by atoms with Crippen molar-refractivity contribution in [2.75, 3.05) is 6.54 Å². The summed E-state index contributed by atoms with van der Waals surface area (Å²) in [6.45, 7) is 2.83. The molecule has 0 radical (unpaired) electrons. The Morgan fingerprint density at radius 3 is 2.38 bits per heavy atom. The van der Waals surface area contributed by atoms with Crippen LogP contribution in [0.4, 0.5) is 4.39 Å². The maximum Gasteiger partial charge on any atom is 0.253 e. The Morgan fingerprint density at radius 2 is 1.67 bits per heavy atom. The zero-order chi connectivity index (χ0) is 27.2. The van der Waals surface area contributed by atoms with E-state index in [4.69, 9.17) is 5.26 Å². The quantitative estimate of drug-likeness (QED) is 0.332. The molecule has 5 rings (SSSR count). The lowest BCUT2D eigenvalue weighted by Gasteiger charge is -2.29. The van der Waals surface area contributed by atoms with Crippen molar-refractivity contribution in [2.45, 2.75) is 32.5 Å². The molecule has 39 heavy (non-hydrogen) atoms. The molecule has 6 nitrogen and oxygen atoms in total. The Bertz CT molecular complexity index is 1520. The Balaban J connectivity index is 1.17. The molecule has 0 saturated carbocycles. The van der Waals surface area contributed by atoms with Crippen LogP contribution >= 0.6 is 0 Å². The van der Waals surface area contributed by atoms with E-state index >= 15 is 0 Å². The minimum absolute atomic E-state index is 0.113. The van der Waals surface area contributed by atoms with E-state index in [2.05, 4.69) is 33.4 Å². The first-order chi connectivity index (χ1) is 19.0. The van der Waals surface area contributed by atoms with Gasteiger partial charge in [-0.25, -0.2) is 4.39 Å². The molecule has 7 heteroatoms. The van der Waals surface area contributed by atoms with E-state index in [9.17, 15) is 14.0 Å². The number of benzene rings is 3. The van der Waals surface area contributed by atoms with Crippen LogP contribution in [0.25, 0.3) is 0 Å². The van der Waals surface area contributed by atoms with Gasteiger partial charge in [-0.1, -0.05) is 42.5 Å². The first-order valence-electron chi connectivity index (χ1n) is 12.8. The van der Waals surface area contributed by atoms with E-state index < -0.39 is 0 Å². The van der Waals surface area contributed by atoms with Gasteiger partial charge in [0.15, 0.2) is 5.78 Å². The predicted molar refractivity (Wildman–Crippen MR) is 145 cm³/mol. The Hall–Kier alpha value is -4.67.